The van der Waals surface area contributed by atoms with Gasteiger partial charge in [0.05, 0.1) is 25.8 Å². The highest BCUT2D eigenvalue weighted by atomic mass is 31.3. The summed E-state index contributed by atoms with van der Waals surface area (Å²) in [5.74, 6) is 0.326. The fraction of sp³-hybridized carbons (Fsp3) is 0.722. The quantitative estimate of drug-likeness (QED) is 0.110. The van der Waals surface area contributed by atoms with E-state index >= 15 is 0 Å². The van der Waals surface area contributed by atoms with E-state index in [4.69, 9.17) is 19.3 Å². The van der Waals surface area contributed by atoms with E-state index in [1.165, 1.54) is 13.1 Å². The lowest BCUT2D eigenvalue weighted by Gasteiger charge is -2.20. The molecule has 1 aromatic heterocycles. The van der Waals surface area contributed by atoms with Crippen molar-refractivity contribution in [3.8, 4) is 0 Å². The molecule has 2 rings (SSSR count). The normalized spacial score (nSPS) is 24.9. The number of aryl methyl sites for hydroxylation is 1. The summed E-state index contributed by atoms with van der Waals surface area (Å²) < 4.78 is 45.0. The molecule has 0 bridgehead atoms. The molecule has 1 aliphatic rings. The van der Waals surface area contributed by atoms with E-state index < -0.39 is 51.9 Å². The number of hydrogen-bond donors (Lipinski definition) is 4. The molecule has 16 nitrogen and oxygen atoms in total. The molecular weight excluding hydrogens is 522 g/mol. The zero-order valence-corrected chi connectivity index (χ0v) is 22.1. The predicted octanol–water partition coefficient (Wildman–Crippen LogP) is 0.785. The molecule has 7 unspecified atom stereocenters. The van der Waals surface area contributed by atoms with Gasteiger partial charge in [-0.1, -0.05) is 19.0 Å². The second kappa shape index (κ2) is 13.1. The molecule has 4 N–H and O–H groups in total. The monoisotopic (exact) mass is 554 g/mol. The summed E-state index contributed by atoms with van der Waals surface area (Å²) in [5.41, 5.74) is 7.72. The number of nitrogens with zero attached hydrogens (tertiary/aromatic N) is 4. The number of likely N-dealkylation sites (N-methyl/N-ethyl adjacent to an activating group) is 1. The summed E-state index contributed by atoms with van der Waals surface area (Å²) in [7, 11) is -8.22. The fourth-order valence-corrected chi connectivity index (χ4v) is 5.46. The maximum atomic E-state index is 12.3. The van der Waals surface area contributed by atoms with Gasteiger partial charge in [-0.25, -0.2) is 13.9 Å². The van der Waals surface area contributed by atoms with Gasteiger partial charge in [0.1, 0.15) is 25.9 Å². The molecular formula is C18H32N6O10P2+. The van der Waals surface area contributed by atoms with E-state index in [-0.39, 0.29) is 18.6 Å². The zero-order chi connectivity index (χ0) is 27.1. The summed E-state index contributed by atoms with van der Waals surface area (Å²) in [4.78, 5) is 49.2. The molecule has 1 radical (unpaired) electrons. The van der Waals surface area contributed by atoms with Gasteiger partial charge in [0.15, 0.2) is 0 Å². The van der Waals surface area contributed by atoms with Crippen LogP contribution in [0.5, 0.6) is 0 Å². The van der Waals surface area contributed by atoms with Crippen molar-refractivity contribution in [1.82, 2.24) is 9.55 Å². The van der Waals surface area contributed by atoms with Gasteiger partial charge in [-0.3, -0.25) is 23.4 Å². The maximum Gasteiger partial charge on any atom is 0.481 e. The second-order valence-electron chi connectivity index (χ2n) is 8.41. The number of azide groups is 1. The van der Waals surface area contributed by atoms with E-state index in [1.54, 1.807) is 0 Å². The molecule has 0 aromatic carbocycles. The lowest BCUT2D eigenvalue weighted by molar-refractivity contribution is -0.851. The Kier molecular flexibility index (Phi) is 11.1. The first-order valence-electron chi connectivity index (χ1n) is 11.1. The number of rotatable bonds is 14. The Bertz CT molecular complexity index is 1150. The predicted molar refractivity (Wildman–Crippen MR) is 126 cm³/mol. The van der Waals surface area contributed by atoms with Crippen LogP contribution in [0.1, 0.15) is 38.5 Å². The van der Waals surface area contributed by atoms with Crippen LogP contribution in [-0.2, 0) is 27.2 Å². The van der Waals surface area contributed by atoms with Crippen LogP contribution in [0.15, 0.2) is 20.9 Å². The smallest absolute Gasteiger partial charge is 0.352 e. The van der Waals surface area contributed by atoms with Crippen molar-refractivity contribution in [3.05, 3.63) is 49.6 Å². The standard InChI is InChI=1S/C18H32N6O10P2/c1-5-12(2)9-23(4)6-7-31-35(27,28)34-36(29,30)32-11-15-14(21-22-19)8-16(33-15)24-10-13(3)17(25)20-18(24)26/h9-10,12,14-16,23H,5-8,11H2,1-4H3,(H,27,28)(H,29,30)(H,20,25,26)/q+1. The van der Waals surface area contributed by atoms with Gasteiger partial charge >= 0.3 is 21.3 Å². The number of aromatic nitrogens is 2. The molecule has 7 atom stereocenters. The summed E-state index contributed by atoms with van der Waals surface area (Å²) in [6.07, 6.45) is 0.0987. The van der Waals surface area contributed by atoms with Gasteiger partial charge < -0.3 is 19.4 Å². The molecule has 0 aliphatic carbocycles. The van der Waals surface area contributed by atoms with Crippen LogP contribution >= 0.6 is 15.6 Å². The molecule has 203 valence electrons. The van der Waals surface area contributed by atoms with Crippen LogP contribution in [0, 0.1) is 19.4 Å². The topological polar surface area (TPSA) is 220 Å². The fourth-order valence-electron chi connectivity index (χ4n) is 3.38. The van der Waals surface area contributed by atoms with Crippen LogP contribution in [0.25, 0.3) is 10.4 Å². The van der Waals surface area contributed by atoms with Crippen molar-refractivity contribution in [2.75, 3.05) is 26.8 Å². The summed E-state index contributed by atoms with van der Waals surface area (Å²) >= 11 is 0. The van der Waals surface area contributed by atoms with E-state index in [2.05, 4.69) is 19.3 Å². The first-order chi connectivity index (χ1) is 16.8. The van der Waals surface area contributed by atoms with E-state index in [9.17, 15) is 28.5 Å². The summed E-state index contributed by atoms with van der Waals surface area (Å²) in [6, 6.07) is -0.920. The van der Waals surface area contributed by atoms with Gasteiger partial charge in [-0.15, -0.1) is 0 Å². The minimum atomic E-state index is -5.10. The van der Waals surface area contributed by atoms with Crippen LogP contribution < -0.4 is 16.1 Å². The molecule has 0 saturated carbocycles. The highest BCUT2D eigenvalue weighted by Gasteiger charge is 2.40. The lowest BCUT2D eigenvalue weighted by atomic mass is 10.1. The number of phosphoric acid groups is 2. The van der Waals surface area contributed by atoms with Crippen molar-refractivity contribution in [1.29, 1.82) is 0 Å². The van der Waals surface area contributed by atoms with Crippen LogP contribution in [0.4, 0.5) is 0 Å². The van der Waals surface area contributed by atoms with Crippen molar-refractivity contribution < 1.29 is 41.9 Å². The second-order valence-corrected chi connectivity index (χ2v) is 11.5. The highest BCUT2D eigenvalue weighted by Crippen LogP contribution is 2.60. The molecule has 0 spiro atoms. The van der Waals surface area contributed by atoms with Crippen LogP contribution in [0.3, 0.4) is 0 Å². The third-order valence-electron chi connectivity index (χ3n) is 5.43. The Morgan fingerprint density at radius 2 is 2.06 bits per heavy atom. The first-order valence-corrected chi connectivity index (χ1v) is 14.1. The number of quaternary nitrogens is 1. The van der Waals surface area contributed by atoms with Crippen LogP contribution in [-0.4, -0.2) is 58.3 Å². The Labute approximate surface area is 207 Å². The van der Waals surface area contributed by atoms with Gasteiger partial charge in [-0.2, -0.15) is 4.31 Å². The average molecular weight is 554 g/mol. The Morgan fingerprint density at radius 3 is 2.69 bits per heavy atom. The summed E-state index contributed by atoms with van der Waals surface area (Å²) in [5, 5.41) is 3.55. The van der Waals surface area contributed by atoms with Crippen LogP contribution in [0.2, 0.25) is 0 Å². The zero-order valence-electron chi connectivity index (χ0n) is 20.3. The maximum absolute atomic E-state index is 12.3. The largest absolute Gasteiger partial charge is 0.481 e. The molecule has 2 heterocycles. The molecule has 1 saturated heterocycles. The molecule has 0 amide bonds. The lowest BCUT2D eigenvalue weighted by Crippen LogP contribution is -3.07. The number of ether oxygens (including phenoxy) is 1. The van der Waals surface area contributed by atoms with Crippen molar-refractivity contribution in [2.45, 2.75) is 52.0 Å². The number of hydrogen-bond acceptors (Lipinski definition) is 9. The number of aromatic amines is 1. The minimum absolute atomic E-state index is 0.00874. The molecule has 18 heteroatoms. The molecule has 1 aromatic rings. The van der Waals surface area contributed by atoms with E-state index in [0.717, 1.165) is 15.9 Å². The summed E-state index contributed by atoms with van der Waals surface area (Å²) in [6.45, 7) is 6.91. The van der Waals surface area contributed by atoms with Crippen molar-refractivity contribution in [2.24, 2.45) is 11.0 Å². The Balaban J connectivity index is 1.96. The number of nitrogens with one attached hydrogen (secondary N) is 2. The molecule has 1 aliphatic heterocycles. The first kappa shape index (κ1) is 30.4. The Hall–Kier alpha value is -1.83. The van der Waals surface area contributed by atoms with E-state index in [0.29, 0.717) is 12.5 Å². The SMILES string of the molecule is CCC(C)[CH][NH+](C)CCOP(=O)(O)OP(=O)(O)OCC1OC(n2cc(C)c(=O)[nH]c2=O)CC1N=[N+]=[N-]. The number of phosphoric ester groups is 2. The highest BCUT2D eigenvalue weighted by molar-refractivity contribution is 7.61. The average Bonchev–Trinajstić information content (AvgIpc) is 3.16. The third-order valence-corrected chi connectivity index (χ3v) is 8.07. The Morgan fingerprint density at radius 1 is 1.39 bits per heavy atom. The van der Waals surface area contributed by atoms with Gasteiger partial charge in [0.25, 0.3) is 5.56 Å². The van der Waals surface area contributed by atoms with Crippen molar-refractivity contribution in [3.63, 3.8) is 0 Å². The van der Waals surface area contributed by atoms with Gasteiger partial charge in [0, 0.05) is 29.0 Å². The van der Waals surface area contributed by atoms with Gasteiger partial charge in [0.2, 0.25) is 0 Å². The molecule has 1 fully saturated rings. The molecule has 36 heavy (non-hydrogen) atoms. The minimum Gasteiger partial charge on any atom is -0.352 e. The third kappa shape index (κ3) is 9.24. The number of H-pyrrole nitrogens is 1. The van der Waals surface area contributed by atoms with Gasteiger partial charge in [-0.05, 0) is 18.9 Å². The van der Waals surface area contributed by atoms with Crippen molar-refractivity contribution >= 4 is 15.6 Å². The van der Waals surface area contributed by atoms with E-state index in [1.807, 2.05) is 27.4 Å².